The van der Waals surface area contributed by atoms with E-state index in [9.17, 15) is 18.4 Å². The van der Waals surface area contributed by atoms with Crippen molar-refractivity contribution in [2.75, 3.05) is 13.1 Å². The first-order valence-corrected chi connectivity index (χ1v) is 9.33. The van der Waals surface area contributed by atoms with E-state index in [1.165, 1.54) is 33.9 Å². The highest BCUT2D eigenvalue weighted by Gasteiger charge is 2.41. The highest BCUT2D eigenvalue weighted by atomic mass is 32.1. The van der Waals surface area contributed by atoms with Crippen LogP contribution in [0.3, 0.4) is 0 Å². The van der Waals surface area contributed by atoms with E-state index < -0.39 is 11.6 Å². The normalized spacial score (nSPS) is 15.8. The summed E-state index contributed by atoms with van der Waals surface area (Å²) < 4.78 is 29.2. The summed E-state index contributed by atoms with van der Waals surface area (Å²) in [5.74, 6) is -0.835. The third-order valence-electron chi connectivity index (χ3n) is 4.72. The van der Waals surface area contributed by atoms with Gasteiger partial charge in [0.15, 0.2) is 0 Å². The van der Waals surface area contributed by atoms with E-state index >= 15 is 0 Å². The molecular weight excluding hydrogens is 372 g/mol. The largest absolute Gasteiger partial charge is 0.335 e. The van der Waals surface area contributed by atoms with Crippen LogP contribution in [-0.4, -0.2) is 39.1 Å². The molecule has 140 valence electrons. The minimum atomic E-state index is -1.35. The number of fused-ring (bicyclic) bond motifs is 1. The van der Waals surface area contributed by atoms with E-state index in [2.05, 4.69) is 4.98 Å². The fourth-order valence-corrected chi connectivity index (χ4v) is 4.25. The zero-order valence-electron chi connectivity index (χ0n) is 14.8. The Bertz CT molecular complexity index is 1110. The van der Waals surface area contributed by atoms with Crippen LogP contribution in [0.4, 0.5) is 8.78 Å². The second-order valence-electron chi connectivity index (χ2n) is 7.13. The summed E-state index contributed by atoms with van der Waals surface area (Å²) in [6.45, 7) is 3.02. The van der Waals surface area contributed by atoms with Crippen LogP contribution in [0.25, 0.3) is 21.2 Å². The van der Waals surface area contributed by atoms with Gasteiger partial charge in [-0.25, -0.2) is 9.37 Å². The lowest BCUT2D eigenvalue weighted by molar-refractivity contribution is -0.144. The van der Waals surface area contributed by atoms with Crippen LogP contribution in [0.15, 0.2) is 34.7 Å². The van der Waals surface area contributed by atoms with Gasteiger partial charge in [-0.05, 0) is 26.0 Å². The highest BCUT2D eigenvalue weighted by Crippen LogP contribution is 2.32. The molecule has 5 nitrogen and oxygen atoms in total. The van der Waals surface area contributed by atoms with Gasteiger partial charge >= 0.3 is 0 Å². The number of carbonyl (C=O) groups is 1. The van der Waals surface area contributed by atoms with E-state index in [-0.39, 0.29) is 31.1 Å². The lowest BCUT2D eigenvalue weighted by atomic mass is 9.99. The molecule has 4 rings (SSSR count). The molecule has 1 saturated heterocycles. The molecule has 0 radical (unpaired) electrons. The van der Waals surface area contributed by atoms with Crippen LogP contribution in [0, 0.1) is 12.9 Å². The molecule has 8 heteroatoms. The number of aryl methyl sites for hydroxylation is 1. The molecule has 27 heavy (non-hydrogen) atoms. The Morgan fingerprint density at radius 1 is 1.41 bits per heavy atom. The Kier molecular flexibility index (Phi) is 4.10. The van der Waals surface area contributed by atoms with Gasteiger partial charge in [0.2, 0.25) is 11.9 Å². The molecule has 0 spiro atoms. The first-order chi connectivity index (χ1) is 12.7. The van der Waals surface area contributed by atoms with Crippen molar-refractivity contribution >= 4 is 27.3 Å². The first kappa shape index (κ1) is 17.8. The quantitative estimate of drug-likeness (QED) is 0.647. The number of amides is 1. The molecule has 0 N–H and O–H groups in total. The van der Waals surface area contributed by atoms with Crippen molar-refractivity contribution in [3.8, 4) is 11.1 Å². The zero-order chi connectivity index (χ0) is 19.3. The van der Waals surface area contributed by atoms with Crippen molar-refractivity contribution in [3.05, 3.63) is 51.8 Å². The van der Waals surface area contributed by atoms with Crippen LogP contribution >= 0.6 is 11.3 Å². The predicted octanol–water partition coefficient (Wildman–Crippen LogP) is 3.14. The molecule has 0 aromatic carbocycles. The number of aromatic nitrogens is 2. The van der Waals surface area contributed by atoms with Crippen LogP contribution in [0.1, 0.15) is 12.5 Å². The zero-order valence-corrected chi connectivity index (χ0v) is 15.6. The number of halogens is 2. The topological polar surface area (TPSA) is 55.2 Å². The smallest absolute Gasteiger partial charge is 0.260 e. The number of nitrogens with zero attached hydrogens (tertiary/aromatic N) is 3. The highest BCUT2D eigenvalue weighted by molar-refractivity contribution is 7.17. The van der Waals surface area contributed by atoms with Crippen LogP contribution in [0.5, 0.6) is 0 Å². The van der Waals surface area contributed by atoms with Crippen molar-refractivity contribution in [2.45, 2.75) is 26.1 Å². The van der Waals surface area contributed by atoms with E-state index in [0.29, 0.717) is 22.1 Å². The summed E-state index contributed by atoms with van der Waals surface area (Å²) >= 11 is 1.40. The number of hydrogen-bond donors (Lipinski definition) is 0. The Labute approximate surface area is 157 Å². The predicted molar refractivity (Wildman–Crippen MR) is 100 cm³/mol. The Balaban J connectivity index is 1.70. The fraction of sp³-hybridized carbons (Fsp3) is 0.316. The van der Waals surface area contributed by atoms with Crippen molar-refractivity contribution in [2.24, 2.45) is 0 Å². The van der Waals surface area contributed by atoms with Crippen molar-refractivity contribution < 1.29 is 13.6 Å². The lowest BCUT2D eigenvalue weighted by Crippen LogP contribution is -2.60. The molecule has 0 saturated carbocycles. The van der Waals surface area contributed by atoms with Gasteiger partial charge in [-0.1, -0.05) is 0 Å². The molecule has 1 fully saturated rings. The van der Waals surface area contributed by atoms with E-state index in [0.717, 1.165) is 4.70 Å². The minimum Gasteiger partial charge on any atom is -0.335 e. The molecule has 1 amide bonds. The molecule has 3 aromatic heterocycles. The Hall–Kier alpha value is -2.61. The lowest BCUT2D eigenvalue weighted by Gasteiger charge is -2.42. The standard InChI is InChI=1S/C19H17F2N3O2S/c1-11-5-12(6-22-17(11)20)13-8-27-14-3-4-23(18(26)16(13)14)7-15(25)24-9-19(2,21)10-24/h3-6,8H,7,9-10H2,1-2H3. The van der Waals surface area contributed by atoms with Crippen LogP contribution in [-0.2, 0) is 11.3 Å². The molecule has 1 aliphatic heterocycles. The van der Waals surface area contributed by atoms with Crippen molar-refractivity contribution in [1.82, 2.24) is 14.5 Å². The summed E-state index contributed by atoms with van der Waals surface area (Å²) in [6, 6.07) is 3.42. The first-order valence-electron chi connectivity index (χ1n) is 8.45. The number of likely N-dealkylation sites (tertiary alicyclic amines) is 1. The SMILES string of the molecule is Cc1cc(-c2csc3ccn(CC(=O)N4CC(C)(F)C4)c(=O)c23)cnc1F. The number of hydrogen-bond acceptors (Lipinski definition) is 4. The number of pyridine rings is 2. The average Bonchev–Trinajstić information content (AvgIpc) is 3.02. The summed E-state index contributed by atoms with van der Waals surface area (Å²) in [5, 5.41) is 2.30. The Morgan fingerprint density at radius 3 is 2.81 bits per heavy atom. The molecule has 0 aliphatic carbocycles. The van der Waals surface area contributed by atoms with E-state index in [4.69, 9.17) is 0 Å². The maximum absolute atomic E-state index is 13.6. The summed E-state index contributed by atoms with van der Waals surface area (Å²) in [7, 11) is 0. The third-order valence-corrected chi connectivity index (χ3v) is 5.67. The van der Waals surface area contributed by atoms with Crippen LogP contribution in [0.2, 0.25) is 0 Å². The summed E-state index contributed by atoms with van der Waals surface area (Å²) in [4.78, 5) is 30.4. The van der Waals surface area contributed by atoms with Gasteiger partial charge in [0.05, 0.1) is 18.5 Å². The average molecular weight is 389 g/mol. The van der Waals surface area contributed by atoms with Gasteiger partial charge < -0.3 is 9.47 Å². The Morgan fingerprint density at radius 2 is 2.15 bits per heavy atom. The molecule has 0 bridgehead atoms. The monoisotopic (exact) mass is 389 g/mol. The molecule has 3 aromatic rings. The molecular formula is C19H17F2N3O2S. The molecule has 1 aliphatic rings. The van der Waals surface area contributed by atoms with Gasteiger partial charge in [0.1, 0.15) is 12.2 Å². The maximum atomic E-state index is 13.6. The minimum absolute atomic E-state index is 0.0487. The van der Waals surface area contributed by atoms with E-state index in [1.54, 1.807) is 25.3 Å². The van der Waals surface area contributed by atoms with Gasteiger partial charge in [-0.3, -0.25) is 9.59 Å². The van der Waals surface area contributed by atoms with E-state index in [1.807, 2.05) is 5.38 Å². The van der Waals surface area contributed by atoms with Gasteiger partial charge in [0, 0.05) is 39.2 Å². The van der Waals surface area contributed by atoms with Crippen molar-refractivity contribution in [3.63, 3.8) is 0 Å². The second kappa shape index (κ2) is 6.23. The fourth-order valence-electron chi connectivity index (χ4n) is 3.30. The summed E-state index contributed by atoms with van der Waals surface area (Å²) in [5.41, 5.74) is 0.0568. The van der Waals surface area contributed by atoms with Crippen molar-refractivity contribution in [1.29, 1.82) is 0 Å². The molecule has 0 unspecified atom stereocenters. The third kappa shape index (κ3) is 3.14. The van der Waals surface area contributed by atoms with Gasteiger partial charge in [-0.2, -0.15) is 4.39 Å². The van der Waals surface area contributed by atoms with Gasteiger partial charge in [-0.15, -0.1) is 11.3 Å². The van der Waals surface area contributed by atoms with Crippen LogP contribution < -0.4 is 5.56 Å². The summed E-state index contributed by atoms with van der Waals surface area (Å²) in [6.07, 6.45) is 2.97. The number of thiophene rings is 1. The maximum Gasteiger partial charge on any atom is 0.260 e. The second-order valence-corrected chi connectivity index (χ2v) is 8.04. The molecule has 0 atom stereocenters. The number of rotatable bonds is 3. The number of alkyl halides is 1. The molecule has 4 heterocycles. The number of carbonyl (C=O) groups excluding carboxylic acids is 1. The van der Waals surface area contributed by atoms with Gasteiger partial charge in [0.25, 0.3) is 5.56 Å².